The van der Waals surface area contributed by atoms with Crippen molar-refractivity contribution in [1.29, 1.82) is 0 Å². The van der Waals surface area contributed by atoms with Crippen LogP contribution in [0.5, 0.6) is 0 Å². The van der Waals surface area contributed by atoms with Gasteiger partial charge in [-0.2, -0.15) is 4.72 Å². The molecule has 124 valence electrons. The third-order valence-corrected chi connectivity index (χ3v) is 5.09. The molecule has 3 aromatic rings. The minimum Gasteiger partial charge on any atom is -0.336 e. The number of benzene rings is 2. The molecule has 1 aromatic heterocycles. The lowest BCUT2D eigenvalue weighted by Crippen LogP contribution is -2.31. The maximum Gasteiger partial charge on any atom is 0.241 e. The Morgan fingerprint density at radius 2 is 1.75 bits per heavy atom. The summed E-state index contributed by atoms with van der Waals surface area (Å²) in [5.41, 5.74) is 0.762. The summed E-state index contributed by atoms with van der Waals surface area (Å²) in [6.45, 7) is 0. The highest BCUT2D eigenvalue weighted by Crippen LogP contribution is 2.23. The van der Waals surface area contributed by atoms with Gasteiger partial charge in [0, 0.05) is 19.4 Å². The highest BCUT2D eigenvalue weighted by atomic mass is 32.2. The summed E-state index contributed by atoms with van der Waals surface area (Å²) in [6, 6.07) is 13.2. The van der Waals surface area contributed by atoms with Gasteiger partial charge in [-0.05, 0) is 29.8 Å². The topological polar surface area (TPSA) is 64.0 Å². The smallest absolute Gasteiger partial charge is 0.241 e. The van der Waals surface area contributed by atoms with Crippen LogP contribution in [-0.2, 0) is 17.1 Å². The van der Waals surface area contributed by atoms with Crippen molar-refractivity contribution in [3.63, 3.8) is 0 Å². The van der Waals surface area contributed by atoms with Gasteiger partial charge < -0.3 is 4.57 Å². The molecule has 0 amide bonds. The molecular formula is C17H16FN3O2S. The van der Waals surface area contributed by atoms with Crippen molar-refractivity contribution >= 4 is 10.0 Å². The van der Waals surface area contributed by atoms with Gasteiger partial charge in [0.05, 0.1) is 4.90 Å². The average Bonchev–Trinajstić information content (AvgIpc) is 3.00. The standard InChI is InChI=1S/C17H16FN3O2S/c1-21-12-11-19-17(21)16(13-5-3-2-4-6-13)20-24(22,23)15-9-7-14(18)8-10-15/h2-12,16,20H,1H3/t16-/m0/s1. The molecule has 0 saturated heterocycles. The van der Waals surface area contributed by atoms with E-state index in [1.165, 1.54) is 12.1 Å². The molecule has 0 aliphatic heterocycles. The van der Waals surface area contributed by atoms with Crippen molar-refractivity contribution in [1.82, 2.24) is 14.3 Å². The molecule has 0 aliphatic carbocycles. The van der Waals surface area contributed by atoms with Crippen LogP contribution >= 0.6 is 0 Å². The van der Waals surface area contributed by atoms with Crippen molar-refractivity contribution in [2.24, 2.45) is 7.05 Å². The summed E-state index contributed by atoms with van der Waals surface area (Å²) >= 11 is 0. The van der Waals surface area contributed by atoms with Crippen molar-refractivity contribution < 1.29 is 12.8 Å². The molecule has 1 heterocycles. The van der Waals surface area contributed by atoms with Gasteiger partial charge in [0.2, 0.25) is 10.0 Å². The van der Waals surface area contributed by atoms with Crippen molar-refractivity contribution in [3.8, 4) is 0 Å². The maximum atomic E-state index is 13.0. The SMILES string of the molecule is Cn1ccnc1[C@@H](NS(=O)(=O)c1ccc(F)cc1)c1ccccc1. The molecule has 0 bridgehead atoms. The Labute approximate surface area is 139 Å². The van der Waals surface area contributed by atoms with E-state index in [0.717, 1.165) is 17.7 Å². The Morgan fingerprint density at radius 3 is 2.33 bits per heavy atom. The van der Waals surface area contributed by atoms with Crippen LogP contribution in [0.25, 0.3) is 0 Å². The monoisotopic (exact) mass is 345 g/mol. The third-order valence-electron chi connectivity index (χ3n) is 3.65. The van der Waals surface area contributed by atoms with Gasteiger partial charge in [0.25, 0.3) is 0 Å². The molecule has 0 unspecified atom stereocenters. The second kappa shape index (κ2) is 6.54. The molecule has 0 saturated carbocycles. The summed E-state index contributed by atoms with van der Waals surface area (Å²) < 4.78 is 42.8. The molecule has 0 fully saturated rings. The molecule has 0 aliphatic rings. The van der Waals surface area contributed by atoms with Crippen LogP contribution in [0, 0.1) is 5.82 Å². The molecule has 5 nitrogen and oxygen atoms in total. The average molecular weight is 345 g/mol. The normalized spacial score (nSPS) is 12.9. The highest BCUT2D eigenvalue weighted by Gasteiger charge is 2.25. The van der Waals surface area contributed by atoms with Gasteiger partial charge in [-0.3, -0.25) is 0 Å². The Bertz CT molecular complexity index is 922. The second-order valence-corrected chi connectivity index (χ2v) is 7.03. The number of sulfonamides is 1. The number of aryl methyl sites for hydroxylation is 1. The van der Waals surface area contributed by atoms with Crippen molar-refractivity contribution in [3.05, 3.63) is 84.2 Å². The van der Waals surface area contributed by atoms with Gasteiger partial charge in [-0.15, -0.1) is 0 Å². The van der Waals surface area contributed by atoms with E-state index in [0.29, 0.717) is 5.82 Å². The number of nitrogens with zero attached hydrogens (tertiary/aromatic N) is 2. The zero-order valence-electron chi connectivity index (χ0n) is 12.9. The highest BCUT2D eigenvalue weighted by molar-refractivity contribution is 7.89. The van der Waals surface area contributed by atoms with E-state index in [2.05, 4.69) is 9.71 Å². The lowest BCUT2D eigenvalue weighted by atomic mass is 10.1. The molecule has 1 N–H and O–H groups in total. The van der Waals surface area contributed by atoms with Crippen LogP contribution in [-0.4, -0.2) is 18.0 Å². The molecule has 2 aromatic carbocycles. The van der Waals surface area contributed by atoms with Crippen LogP contribution in [0.2, 0.25) is 0 Å². The summed E-state index contributed by atoms with van der Waals surface area (Å²) in [7, 11) is -2.04. The minimum absolute atomic E-state index is 0.000889. The zero-order chi connectivity index (χ0) is 17.2. The van der Waals surface area contributed by atoms with E-state index in [1.807, 2.05) is 30.3 Å². The van der Waals surface area contributed by atoms with Crippen molar-refractivity contribution in [2.45, 2.75) is 10.9 Å². The molecule has 24 heavy (non-hydrogen) atoms. The summed E-state index contributed by atoms with van der Waals surface area (Å²) in [5.74, 6) is 0.0737. The van der Waals surface area contributed by atoms with E-state index in [9.17, 15) is 12.8 Å². The quantitative estimate of drug-likeness (QED) is 0.773. The van der Waals surface area contributed by atoms with Crippen LogP contribution in [0.4, 0.5) is 4.39 Å². The molecule has 7 heteroatoms. The molecule has 3 rings (SSSR count). The van der Waals surface area contributed by atoms with E-state index in [4.69, 9.17) is 0 Å². The summed E-state index contributed by atoms with van der Waals surface area (Å²) in [4.78, 5) is 4.26. The van der Waals surface area contributed by atoms with Gasteiger partial charge in [0.15, 0.2) is 0 Å². The van der Waals surface area contributed by atoms with Crippen LogP contribution < -0.4 is 4.72 Å². The number of hydrogen-bond donors (Lipinski definition) is 1. The Kier molecular flexibility index (Phi) is 4.46. The predicted molar refractivity (Wildman–Crippen MR) is 88.2 cm³/mol. The van der Waals surface area contributed by atoms with Gasteiger partial charge in [-0.25, -0.2) is 17.8 Å². The van der Waals surface area contributed by atoms with Gasteiger partial charge in [0.1, 0.15) is 17.7 Å². The predicted octanol–water partition coefficient (Wildman–Crippen LogP) is 2.63. The largest absolute Gasteiger partial charge is 0.336 e. The summed E-state index contributed by atoms with van der Waals surface area (Å²) in [5, 5.41) is 0. The number of hydrogen-bond acceptors (Lipinski definition) is 3. The van der Waals surface area contributed by atoms with E-state index in [-0.39, 0.29) is 4.90 Å². The second-order valence-electron chi connectivity index (χ2n) is 5.32. The van der Waals surface area contributed by atoms with E-state index < -0.39 is 21.9 Å². The maximum absolute atomic E-state index is 13.0. The summed E-state index contributed by atoms with van der Waals surface area (Å²) in [6.07, 6.45) is 3.36. The first-order valence-corrected chi connectivity index (χ1v) is 8.76. The number of halogens is 1. The van der Waals surface area contributed by atoms with Gasteiger partial charge in [-0.1, -0.05) is 30.3 Å². The zero-order valence-corrected chi connectivity index (χ0v) is 13.7. The van der Waals surface area contributed by atoms with Crippen molar-refractivity contribution in [2.75, 3.05) is 0 Å². The van der Waals surface area contributed by atoms with E-state index >= 15 is 0 Å². The minimum atomic E-state index is -3.84. The molecule has 0 radical (unpaired) electrons. The fraction of sp³-hybridized carbons (Fsp3) is 0.118. The fourth-order valence-corrected chi connectivity index (χ4v) is 3.59. The van der Waals surface area contributed by atoms with Crippen LogP contribution in [0.1, 0.15) is 17.4 Å². The fourth-order valence-electron chi connectivity index (χ4n) is 2.41. The first-order valence-electron chi connectivity index (χ1n) is 7.27. The van der Waals surface area contributed by atoms with Crippen LogP contribution in [0.3, 0.4) is 0 Å². The molecule has 0 spiro atoms. The van der Waals surface area contributed by atoms with Crippen LogP contribution in [0.15, 0.2) is 71.9 Å². The molecular weight excluding hydrogens is 329 g/mol. The Balaban J connectivity index is 2.01. The number of aromatic nitrogens is 2. The molecule has 1 atom stereocenters. The number of nitrogens with one attached hydrogen (secondary N) is 1. The first kappa shape index (κ1) is 16.4. The lowest BCUT2D eigenvalue weighted by molar-refractivity contribution is 0.562. The number of rotatable bonds is 5. The first-order chi connectivity index (χ1) is 11.5. The Morgan fingerprint density at radius 1 is 1.08 bits per heavy atom. The van der Waals surface area contributed by atoms with Gasteiger partial charge >= 0.3 is 0 Å². The Hall–Kier alpha value is -2.51. The number of imidazole rings is 1. The third kappa shape index (κ3) is 3.37. The lowest BCUT2D eigenvalue weighted by Gasteiger charge is -2.19. The van der Waals surface area contributed by atoms with E-state index in [1.54, 1.807) is 24.0 Å².